The molecule has 39 heavy (non-hydrogen) atoms. The maximum Gasteiger partial charge on any atom is 0.226 e. The van der Waals surface area contributed by atoms with E-state index in [0.717, 1.165) is 29.1 Å². The molecule has 0 spiro atoms. The minimum absolute atomic E-state index is 0.153. The van der Waals surface area contributed by atoms with Gasteiger partial charge >= 0.3 is 0 Å². The largest absolute Gasteiger partial charge is 0.352 e. The summed E-state index contributed by atoms with van der Waals surface area (Å²) in [7, 11) is 0. The van der Waals surface area contributed by atoms with E-state index in [4.69, 9.17) is 12.2 Å². The Morgan fingerprint density at radius 2 is 1.82 bits per heavy atom. The number of hydrogen-bond acceptors (Lipinski definition) is 3. The molecule has 1 amide bonds. The number of benzene rings is 2. The van der Waals surface area contributed by atoms with Crippen LogP contribution in [0.1, 0.15) is 53.6 Å². The van der Waals surface area contributed by atoms with E-state index in [1.807, 2.05) is 18.2 Å². The molecule has 2 aromatic carbocycles. The molecule has 2 aromatic heterocycles. The van der Waals surface area contributed by atoms with Crippen LogP contribution in [0.4, 0.5) is 10.1 Å². The van der Waals surface area contributed by atoms with E-state index >= 15 is 0 Å². The molecule has 2 N–H and O–H groups in total. The topological polar surface area (TPSA) is 62.2 Å². The summed E-state index contributed by atoms with van der Waals surface area (Å²) in [6.07, 6.45) is 2.95. The average molecular weight is 542 g/mol. The maximum absolute atomic E-state index is 13.3. The van der Waals surface area contributed by atoms with Crippen LogP contribution in [0.2, 0.25) is 0 Å². The smallest absolute Gasteiger partial charge is 0.226 e. The van der Waals surface area contributed by atoms with Crippen molar-refractivity contribution in [2.75, 3.05) is 11.9 Å². The molecule has 3 heterocycles. The Kier molecular flexibility index (Phi) is 7.74. The van der Waals surface area contributed by atoms with Gasteiger partial charge in [-0.2, -0.15) is 0 Å². The number of pyridine rings is 1. The second kappa shape index (κ2) is 11.4. The van der Waals surface area contributed by atoms with E-state index < -0.39 is 0 Å². The normalized spacial score (nSPS) is 16.8. The molecule has 1 aliphatic heterocycles. The van der Waals surface area contributed by atoms with Crippen molar-refractivity contribution in [3.8, 4) is 5.69 Å². The molecule has 5 rings (SSSR count). The Bertz CT molecular complexity index is 1480. The van der Waals surface area contributed by atoms with Crippen molar-refractivity contribution in [2.45, 2.75) is 45.7 Å². The van der Waals surface area contributed by atoms with Crippen molar-refractivity contribution in [1.82, 2.24) is 19.8 Å². The van der Waals surface area contributed by atoms with Gasteiger partial charge in [0.05, 0.1) is 17.8 Å². The summed E-state index contributed by atoms with van der Waals surface area (Å²) in [6.45, 7) is 6.86. The van der Waals surface area contributed by atoms with Gasteiger partial charge in [0.2, 0.25) is 5.91 Å². The van der Waals surface area contributed by atoms with E-state index in [2.05, 4.69) is 76.2 Å². The summed E-state index contributed by atoms with van der Waals surface area (Å²) in [6, 6.07) is 22.0. The predicted molar refractivity (Wildman–Crippen MR) is 156 cm³/mol. The highest BCUT2D eigenvalue weighted by Gasteiger charge is 2.41. The number of halogens is 1. The zero-order chi connectivity index (χ0) is 27.5. The molecule has 200 valence electrons. The summed E-state index contributed by atoms with van der Waals surface area (Å²) in [5.74, 6) is -0.504. The molecule has 0 aliphatic carbocycles. The van der Waals surface area contributed by atoms with Gasteiger partial charge in [-0.1, -0.05) is 31.2 Å². The second-order valence-corrected chi connectivity index (χ2v) is 10.2. The van der Waals surface area contributed by atoms with Crippen LogP contribution in [-0.2, 0) is 11.2 Å². The lowest BCUT2D eigenvalue weighted by Crippen LogP contribution is -2.32. The van der Waals surface area contributed by atoms with Crippen LogP contribution in [0.15, 0.2) is 79.0 Å². The monoisotopic (exact) mass is 541 g/mol. The molecule has 6 nitrogen and oxygen atoms in total. The van der Waals surface area contributed by atoms with Crippen molar-refractivity contribution in [3.63, 3.8) is 0 Å². The lowest BCUT2D eigenvalue weighted by Gasteiger charge is -2.28. The summed E-state index contributed by atoms with van der Waals surface area (Å²) < 4.78 is 15.6. The first-order valence-corrected chi connectivity index (χ1v) is 13.6. The third-order valence-electron chi connectivity index (χ3n) is 7.31. The second-order valence-electron chi connectivity index (χ2n) is 9.77. The number of amides is 1. The van der Waals surface area contributed by atoms with Crippen LogP contribution in [0.25, 0.3) is 5.69 Å². The molecule has 1 saturated heterocycles. The van der Waals surface area contributed by atoms with E-state index in [1.165, 1.54) is 23.4 Å². The van der Waals surface area contributed by atoms with E-state index in [9.17, 15) is 9.18 Å². The summed E-state index contributed by atoms with van der Waals surface area (Å²) >= 11 is 5.81. The van der Waals surface area contributed by atoms with E-state index in [0.29, 0.717) is 17.3 Å². The molecule has 1 aliphatic rings. The number of para-hydroxylation sites is 1. The number of rotatable bonds is 8. The third-order valence-corrected chi connectivity index (χ3v) is 7.66. The molecule has 4 aromatic rings. The van der Waals surface area contributed by atoms with Crippen LogP contribution in [0.3, 0.4) is 0 Å². The fraction of sp³-hybridized carbons (Fsp3) is 0.258. The van der Waals surface area contributed by atoms with Crippen LogP contribution in [-0.4, -0.2) is 32.0 Å². The predicted octanol–water partition coefficient (Wildman–Crippen LogP) is 6.19. The van der Waals surface area contributed by atoms with Crippen LogP contribution < -0.4 is 10.6 Å². The summed E-state index contributed by atoms with van der Waals surface area (Å²) in [5, 5.41) is 6.92. The molecule has 0 saturated carbocycles. The molecule has 0 bridgehead atoms. The number of aromatic nitrogens is 2. The molecular weight excluding hydrogens is 509 g/mol. The van der Waals surface area contributed by atoms with Crippen LogP contribution >= 0.6 is 12.2 Å². The SMILES string of the molecule is CCc1ccccc1-n1c(C)cc([C@@H]2[C@H](c3ccccn3)NC(=S)N2CCC(=O)Nc2ccc(F)cc2)c1C. The molecule has 8 heteroatoms. The quantitative estimate of drug-likeness (QED) is 0.261. The van der Waals surface area contributed by atoms with Crippen LogP contribution in [0.5, 0.6) is 0 Å². The van der Waals surface area contributed by atoms with Crippen molar-refractivity contribution in [1.29, 1.82) is 0 Å². The first-order chi connectivity index (χ1) is 18.9. The van der Waals surface area contributed by atoms with Gasteiger partial charge in [0.15, 0.2) is 5.11 Å². The first-order valence-electron chi connectivity index (χ1n) is 13.2. The molecule has 0 unspecified atom stereocenters. The highest BCUT2D eigenvalue weighted by molar-refractivity contribution is 7.80. The fourth-order valence-electron chi connectivity index (χ4n) is 5.45. The minimum atomic E-state index is -0.343. The number of hydrogen-bond donors (Lipinski definition) is 2. The molecule has 1 fully saturated rings. The Morgan fingerprint density at radius 3 is 2.54 bits per heavy atom. The zero-order valence-corrected chi connectivity index (χ0v) is 23.1. The highest BCUT2D eigenvalue weighted by atomic mass is 32.1. The van der Waals surface area contributed by atoms with Gasteiger partial charge in [-0.15, -0.1) is 0 Å². The van der Waals surface area contributed by atoms with E-state index in [1.54, 1.807) is 18.3 Å². The Labute approximate surface area is 233 Å². The number of carbonyl (C=O) groups is 1. The Balaban J connectivity index is 1.48. The standard InChI is InChI=1S/C31H32FN5OS/c1-4-22-9-5-6-11-27(22)37-20(2)19-25(21(37)3)30-29(26-10-7-8-17-33-26)35-31(39)36(30)18-16-28(38)34-24-14-12-23(32)13-15-24/h5-15,17,19,29-30H,4,16,18H2,1-3H3,(H,34,38)(H,35,39)/t29-,30+/m0/s1. The summed E-state index contributed by atoms with van der Waals surface area (Å²) in [5.41, 5.74) is 7.31. The Morgan fingerprint density at radius 1 is 1.08 bits per heavy atom. The van der Waals surface area contributed by atoms with Crippen molar-refractivity contribution in [2.24, 2.45) is 0 Å². The minimum Gasteiger partial charge on any atom is -0.352 e. The zero-order valence-electron chi connectivity index (χ0n) is 22.3. The van der Waals surface area contributed by atoms with Gasteiger partial charge in [-0.05, 0) is 92.1 Å². The number of nitrogens with zero attached hydrogens (tertiary/aromatic N) is 3. The lowest BCUT2D eigenvalue weighted by molar-refractivity contribution is -0.116. The van der Waals surface area contributed by atoms with Crippen LogP contribution in [0, 0.1) is 19.7 Å². The van der Waals surface area contributed by atoms with Gasteiger partial charge in [0.25, 0.3) is 0 Å². The highest BCUT2D eigenvalue weighted by Crippen LogP contribution is 2.41. The van der Waals surface area contributed by atoms with Gasteiger partial charge in [0, 0.05) is 41.9 Å². The van der Waals surface area contributed by atoms with Crippen molar-refractivity contribution in [3.05, 3.63) is 113 Å². The van der Waals surface area contributed by atoms with Crippen molar-refractivity contribution < 1.29 is 9.18 Å². The number of anilines is 1. The molecule has 0 radical (unpaired) electrons. The molecule has 2 atom stereocenters. The maximum atomic E-state index is 13.3. The van der Waals surface area contributed by atoms with Gasteiger partial charge in [-0.3, -0.25) is 9.78 Å². The molecular formula is C31H32FN5OS. The van der Waals surface area contributed by atoms with E-state index in [-0.39, 0.29) is 30.2 Å². The fourth-order valence-corrected chi connectivity index (χ4v) is 5.78. The average Bonchev–Trinajstić information content (AvgIpc) is 3.43. The summed E-state index contributed by atoms with van der Waals surface area (Å²) in [4.78, 5) is 19.6. The van der Waals surface area contributed by atoms with Gasteiger partial charge in [0.1, 0.15) is 5.82 Å². The Hall–Kier alpha value is -4.04. The number of aryl methyl sites for hydroxylation is 2. The number of carbonyl (C=O) groups excluding carboxylic acids is 1. The van der Waals surface area contributed by atoms with Gasteiger partial charge in [-0.25, -0.2) is 4.39 Å². The van der Waals surface area contributed by atoms with Gasteiger partial charge < -0.3 is 20.1 Å². The number of nitrogens with one attached hydrogen (secondary N) is 2. The van der Waals surface area contributed by atoms with Crippen molar-refractivity contribution >= 4 is 28.9 Å². The first kappa shape index (κ1) is 26.6. The lowest BCUT2D eigenvalue weighted by atomic mass is 9.96. The third kappa shape index (κ3) is 5.43. The number of thiocarbonyl (C=S) groups is 1.